The van der Waals surface area contributed by atoms with Gasteiger partial charge in [0.1, 0.15) is 12.6 Å². The number of carboxylic acids is 1. The zero-order valence-electron chi connectivity index (χ0n) is 19.1. The molecular weight excluding hydrogens is 446 g/mol. The molecule has 1 aromatic heterocycles. The Morgan fingerprint density at radius 1 is 1.00 bits per heavy atom. The molecule has 0 radical (unpaired) electrons. The Morgan fingerprint density at radius 2 is 1.66 bits per heavy atom. The largest absolute Gasteiger partial charge is 0.481 e. The third kappa shape index (κ3) is 4.91. The quantitative estimate of drug-likeness (QED) is 0.379. The maximum Gasteiger partial charge on any atom is 0.407 e. The van der Waals surface area contributed by atoms with Gasteiger partial charge in [0.05, 0.1) is 12.0 Å². The molecule has 5 rings (SSSR count). The van der Waals surface area contributed by atoms with Crippen molar-refractivity contribution in [1.82, 2.24) is 15.6 Å². The molecule has 0 aliphatic heterocycles. The molecule has 2 amide bonds. The number of ether oxygens (including phenoxy) is 1. The van der Waals surface area contributed by atoms with E-state index in [0.29, 0.717) is 12.8 Å². The number of amides is 2. The smallest absolute Gasteiger partial charge is 0.407 e. The summed E-state index contributed by atoms with van der Waals surface area (Å²) in [4.78, 5) is 40.1. The van der Waals surface area contributed by atoms with Crippen molar-refractivity contribution in [2.24, 2.45) is 0 Å². The fourth-order valence-electron chi connectivity index (χ4n) is 4.84. The Hall–Kier alpha value is -4.07. The fourth-order valence-corrected chi connectivity index (χ4v) is 4.84. The summed E-state index contributed by atoms with van der Waals surface area (Å²) in [6, 6.07) is 18.9. The molecule has 0 saturated heterocycles. The van der Waals surface area contributed by atoms with E-state index in [1.165, 1.54) is 0 Å². The highest BCUT2D eigenvalue weighted by atomic mass is 16.5. The predicted molar refractivity (Wildman–Crippen MR) is 129 cm³/mol. The fraction of sp³-hybridized carbons (Fsp3) is 0.296. The Morgan fingerprint density at radius 3 is 2.23 bits per heavy atom. The van der Waals surface area contributed by atoms with Crippen LogP contribution in [0.3, 0.4) is 0 Å². The number of H-pyrrole nitrogens is 1. The average molecular weight is 474 g/mol. The third-order valence-corrected chi connectivity index (χ3v) is 6.77. The van der Waals surface area contributed by atoms with Crippen LogP contribution in [0.4, 0.5) is 4.79 Å². The molecule has 8 heteroatoms. The minimum atomic E-state index is -0.965. The number of hydrogen-bond donors (Lipinski definition) is 4. The number of aromatic amines is 1. The number of aliphatic carboxylic acids is 1. The van der Waals surface area contributed by atoms with E-state index in [1.54, 1.807) is 6.20 Å². The Bertz CT molecular complexity index is 1200. The molecule has 1 saturated carbocycles. The van der Waals surface area contributed by atoms with Crippen molar-refractivity contribution in [1.29, 1.82) is 0 Å². The summed E-state index contributed by atoms with van der Waals surface area (Å²) >= 11 is 0. The van der Waals surface area contributed by atoms with Gasteiger partial charge in [-0.15, -0.1) is 0 Å². The van der Waals surface area contributed by atoms with Gasteiger partial charge in [-0.05, 0) is 47.2 Å². The van der Waals surface area contributed by atoms with E-state index in [0.717, 1.165) is 27.9 Å². The Labute approximate surface area is 202 Å². The van der Waals surface area contributed by atoms with Gasteiger partial charge in [-0.1, -0.05) is 48.5 Å². The van der Waals surface area contributed by atoms with E-state index in [2.05, 4.69) is 27.8 Å². The lowest BCUT2D eigenvalue weighted by atomic mass is 9.98. The third-order valence-electron chi connectivity index (χ3n) is 6.77. The van der Waals surface area contributed by atoms with Crippen molar-refractivity contribution >= 4 is 18.0 Å². The van der Waals surface area contributed by atoms with E-state index in [-0.39, 0.29) is 25.4 Å². The van der Waals surface area contributed by atoms with Gasteiger partial charge in [0.2, 0.25) is 5.91 Å². The molecule has 1 heterocycles. The van der Waals surface area contributed by atoms with Crippen LogP contribution < -0.4 is 10.6 Å². The molecule has 8 nitrogen and oxygen atoms in total. The maximum absolute atomic E-state index is 13.0. The highest BCUT2D eigenvalue weighted by Gasteiger charge is 2.46. The average Bonchev–Trinajstić information content (AvgIpc) is 3.25. The number of fused-ring (bicyclic) bond motifs is 3. The SMILES string of the molecule is O=C(O)CC1(NC(=O)C(Cc2ccc[nH]2)NC(=O)OCC2c3ccccc3-c3ccccc32)CC1. The summed E-state index contributed by atoms with van der Waals surface area (Å²) in [6.07, 6.45) is 2.34. The van der Waals surface area contributed by atoms with Crippen molar-refractivity contribution in [3.05, 3.63) is 83.7 Å². The summed E-state index contributed by atoms with van der Waals surface area (Å²) in [7, 11) is 0. The van der Waals surface area contributed by atoms with Crippen LogP contribution in [0.15, 0.2) is 66.9 Å². The molecule has 180 valence electrons. The number of aromatic nitrogens is 1. The number of hydrogen-bond acceptors (Lipinski definition) is 4. The van der Waals surface area contributed by atoms with Gasteiger partial charge in [-0.3, -0.25) is 9.59 Å². The zero-order chi connectivity index (χ0) is 24.4. The van der Waals surface area contributed by atoms with E-state index in [9.17, 15) is 14.4 Å². The Kier molecular flexibility index (Phi) is 6.03. The van der Waals surface area contributed by atoms with Crippen LogP contribution in [0.5, 0.6) is 0 Å². The molecule has 2 aliphatic carbocycles. The molecule has 4 N–H and O–H groups in total. The molecule has 0 bridgehead atoms. The van der Waals surface area contributed by atoms with Crippen LogP contribution in [0.2, 0.25) is 0 Å². The van der Waals surface area contributed by atoms with E-state index >= 15 is 0 Å². The van der Waals surface area contributed by atoms with Crippen LogP contribution in [0.25, 0.3) is 11.1 Å². The second-order valence-electron chi connectivity index (χ2n) is 9.26. The number of benzene rings is 2. The van der Waals surface area contributed by atoms with Crippen LogP contribution in [-0.4, -0.2) is 46.2 Å². The molecule has 2 aliphatic rings. The summed E-state index contributed by atoms with van der Waals surface area (Å²) < 4.78 is 5.62. The first kappa shape index (κ1) is 22.7. The van der Waals surface area contributed by atoms with Gasteiger partial charge in [-0.2, -0.15) is 0 Å². The van der Waals surface area contributed by atoms with Crippen molar-refractivity contribution < 1.29 is 24.2 Å². The van der Waals surface area contributed by atoms with Crippen LogP contribution in [0, 0.1) is 0 Å². The highest BCUT2D eigenvalue weighted by molar-refractivity contribution is 5.87. The van der Waals surface area contributed by atoms with E-state index in [4.69, 9.17) is 9.84 Å². The van der Waals surface area contributed by atoms with Crippen molar-refractivity contribution in [2.45, 2.75) is 43.2 Å². The summed E-state index contributed by atoms with van der Waals surface area (Å²) in [5.41, 5.74) is 4.51. The van der Waals surface area contributed by atoms with Crippen molar-refractivity contribution in [2.75, 3.05) is 6.61 Å². The van der Waals surface area contributed by atoms with Crippen molar-refractivity contribution in [3.8, 4) is 11.1 Å². The molecule has 35 heavy (non-hydrogen) atoms. The van der Waals surface area contributed by atoms with Gasteiger partial charge in [0.25, 0.3) is 0 Å². The summed E-state index contributed by atoms with van der Waals surface area (Å²) in [6.45, 7) is 0.139. The monoisotopic (exact) mass is 473 g/mol. The number of alkyl carbamates (subject to hydrolysis) is 1. The topological polar surface area (TPSA) is 121 Å². The van der Waals surface area contributed by atoms with Crippen LogP contribution in [0.1, 0.15) is 42.0 Å². The van der Waals surface area contributed by atoms with Gasteiger partial charge >= 0.3 is 12.1 Å². The lowest BCUT2D eigenvalue weighted by Gasteiger charge is -2.22. The number of rotatable bonds is 9. The minimum absolute atomic E-state index is 0.0888. The maximum atomic E-state index is 13.0. The number of carbonyl (C=O) groups excluding carboxylic acids is 2. The highest BCUT2D eigenvalue weighted by Crippen LogP contribution is 2.44. The second-order valence-corrected chi connectivity index (χ2v) is 9.26. The summed E-state index contributed by atoms with van der Waals surface area (Å²) in [5, 5.41) is 14.7. The van der Waals surface area contributed by atoms with Gasteiger partial charge in [0, 0.05) is 24.2 Å². The Balaban J connectivity index is 1.26. The molecule has 1 fully saturated rings. The van der Waals surface area contributed by atoms with Gasteiger partial charge < -0.3 is 25.5 Å². The van der Waals surface area contributed by atoms with Crippen molar-refractivity contribution in [3.63, 3.8) is 0 Å². The number of nitrogens with one attached hydrogen (secondary N) is 3. The second kappa shape index (κ2) is 9.29. The number of carboxylic acid groups (broad SMARTS) is 1. The molecule has 1 unspecified atom stereocenters. The predicted octanol–water partition coefficient (Wildman–Crippen LogP) is 3.59. The lowest BCUT2D eigenvalue weighted by molar-refractivity contribution is -0.138. The molecule has 0 spiro atoms. The lowest BCUT2D eigenvalue weighted by Crippen LogP contribution is -2.52. The number of carbonyl (C=O) groups is 3. The van der Waals surface area contributed by atoms with Crippen LogP contribution >= 0.6 is 0 Å². The first-order valence-corrected chi connectivity index (χ1v) is 11.7. The minimum Gasteiger partial charge on any atom is -0.481 e. The first-order valence-electron chi connectivity index (χ1n) is 11.7. The van der Waals surface area contributed by atoms with Gasteiger partial charge in [0.15, 0.2) is 0 Å². The summed E-state index contributed by atoms with van der Waals surface area (Å²) in [5.74, 6) is -1.48. The van der Waals surface area contributed by atoms with Crippen LogP contribution in [-0.2, 0) is 20.7 Å². The molecule has 2 aromatic carbocycles. The normalized spacial score (nSPS) is 16.0. The molecule has 1 atom stereocenters. The van der Waals surface area contributed by atoms with Gasteiger partial charge in [-0.25, -0.2) is 4.79 Å². The molecule has 3 aromatic rings. The standard InChI is InChI=1S/C27H27N3O5/c31-24(32)15-27(11-12-27)30-25(33)23(14-17-6-5-13-28-17)29-26(34)35-16-22-20-9-3-1-7-18(20)19-8-2-4-10-21(19)22/h1-10,13,22-23,28H,11-12,14-16H2,(H,29,34)(H,30,33)(H,31,32). The molecular formula is C27H27N3O5. The zero-order valence-corrected chi connectivity index (χ0v) is 19.1. The first-order chi connectivity index (χ1) is 16.9. The van der Waals surface area contributed by atoms with E-state index in [1.807, 2.05) is 48.5 Å². The van der Waals surface area contributed by atoms with E-state index < -0.39 is 29.6 Å².